The lowest BCUT2D eigenvalue weighted by molar-refractivity contribution is 0.102. The number of carbonyl (C=O) groups excluding carboxylic acids is 1. The molecule has 11 heteroatoms. The van der Waals surface area contributed by atoms with Crippen LogP contribution >= 0.6 is 0 Å². The lowest BCUT2D eigenvalue weighted by atomic mass is 10.1. The maximum Gasteiger partial charge on any atom is 0.256 e. The number of nitrogens with zero attached hydrogens (tertiary/aromatic N) is 8. The molecule has 11 nitrogen and oxygen atoms in total. The highest BCUT2D eigenvalue weighted by Gasteiger charge is 2.14. The van der Waals surface area contributed by atoms with Crippen LogP contribution in [-0.4, -0.2) is 22.3 Å². The van der Waals surface area contributed by atoms with E-state index in [1.165, 1.54) is 10.7 Å². The van der Waals surface area contributed by atoms with Gasteiger partial charge in [0.05, 0.1) is 19.3 Å². The minimum Gasteiger partial charge on any atom is -0.475 e. The number of rotatable bonds is 7. The van der Waals surface area contributed by atoms with E-state index >= 15 is 0 Å². The third kappa shape index (κ3) is 4.64. The molecule has 1 aromatic carbocycles. The Bertz CT molecular complexity index is 876. The number of ether oxygens (including phenoxy) is 1. The summed E-state index contributed by atoms with van der Waals surface area (Å²) in [7, 11) is 1.71. The van der Waals surface area contributed by atoms with Gasteiger partial charge in [-0.25, -0.2) is 0 Å². The highest BCUT2D eigenvalue weighted by atomic mass is 16.5. The molecule has 1 aromatic heterocycles. The van der Waals surface area contributed by atoms with Crippen LogP contribution in [0.4, 0.5) is 11.4 Å². The zero-order valence-electron chi connectivity index (χ0n) is 13.6. The van der Waals surface area contributed by atoms with Crippen LogP contribution in [0.5, 0.6) is 5.88 Å². The summed E-state index contributed by atoms with van der Waals surface area (Å²) in [6, 6.07) is 4.53. The Morgan fingerprint density at radius 1 is 1.36 bits per heavy atom. The Morgan fingerprint density at radius 3 is 2.84 bits per heavy atom. The molecule has 25 heavy (non-hydrogen) atoms. The summed E-state index contributed by atoms with van der Waals surface area (Å²) in [4.78, 5) is 17.9. The predicted octanol–water partition coefficient (Wildman–Crippen LogP) is 3.82. The number of anilines is 1. The molecule has 2 rings (SSSR count). The molecular weight excluding hydrogens is 326 g/mol. The van der Waals surface area contributed by atoms with Crippen LogP contribution < -0.4 is 10.1 Å². The van der Waals surface area contributed by atoms with E-state index < -0.39 is 5.91 Å². The quantitative estimate of drug-likeness (QED) is 0.462. The van der Waals surface area contributed by atoms with Crippen LogP contribution in [0.3, 0.4) is 0 Å². The Kier molecular flexibility index (Phi) is 5.83. The Balaban J connectivity index is 2.33. The van der Waals surface area contributed by atoms with Gasteiger partial charge in [0.25, 0.3) is 11.8 Å². The Morgan fingerprint density at radius 2 is 2.16 bits per heavy atom. The predicted molar refractivity (Wildman–Crippen MR) is 90.4 cm³/mol. The second-order valence-electron chi connectivity index (χ2n) is 4.88. The van der Waals surface area contributed by atoms with Crippen molar-refractivity contribution < 1.29 is 9.53 Å². The van der Waals surface area contributed by atoms with Gasteiger partial charge in [-0.2, -0.15) is 0 Å². The molecule has 0 aliphatic carbocycles. The molecule has 0 spiro atoms. The Labute approximate surface area is 142 Å². The van der Waals surface area contributed by atoms with Crippen molar-refractivity contribution in [3.05, 3.63) is 56.4 Å². The van der Waals surface area contributed by atoms with E-state index in [0.717, 1.165) is 0 Å². The topological polar surface area (TPSA) is 154 Å². The maximum absolute atomic E-state index is 12.5. The fourth-order valence-corrected chi connectivity index (χ4v) is 2.11. The largest absolute Gasteiger partial charge is 0.475 e. The molecule has 2 aromatic rings. The number of nitrogens with one attached hydrogen (secondary N) is 1. The van der Waals surface area contributed by atoms with E-state index in [9.17, 15) is 4.79 Å². The molecule has 1 amide bonds. The molecule has 0 aliphatic rings. The molecule has 128 valence electrons. The van der Waals surface area contributed by atoms with Crippen LogP contribution in [0.25, 0.3) is 20.9 Å². The molecule has 1 N–H and O–H groups in total. The van der Waals surface area contributed by atoms with Gasteiger partial charge in [0, 0.05) is 28.1 Å². The number of hydrogen-bond donors (Lipinski definition) is 1. The number of aromatic nitrogens is 2. The van der Waals surface area contributed by atoms with E-state index in [1.54, 1.807) is 25.4 Å². The van der Waals surface area contributed by atoms with E-state index in [2.05, 4.69) is 30.5 Å². The highest BCUT2D eigenvalue weighted by Crippen LogP contribution is 2.24. The van der Waals surface area contributed by atoms with Crippen molar-refractivity contribution in [1.82, 2.24) is 9.78 Å². The monoisotopic (exact) mass is 341 g/mol. The molecule has 1 heterocycles. The Hall–Kier alpha value is -3.68. The standard InChI is InChI=1S/C14H15N9O2/c1-3-25-14-12(8-23(2)20-14)18-13(24)10-4-9(7-17-21-15)5-11(6-10)19-22-16/h4-6,8H,3,7H2,1-2H3,(H,18,24). The van der Waals surface area contributed by atoms with Crippen molar-refractivity contribution in [1.29, 1.82) is 0 Å². The van der Waals surface area contributed by atoms with Crippen LogP contribution in [-0.2, 0) is 13.6 Å². The maximum atomic E-state index is 12.5. The summed E-state index contributed by atoms with van der Waals surface area (Å²) in [6.07, 6.45) is 1.61. The lowest BCUT2D eigenvalue weighted by Crippen LogP contribution is -2.12. The van der Waals surface area contributed by atoms with Gasteiger partial charge in [-0.3, -0.25) is 9.48 Å². The molecule has 0 bridgehead atoms. The normalized spacial score (nSPS) is 9.68. The van der Waals surface area contributed by atoms with Gasteiger partial charge in [0.1, 0.15) is 5.69 Å². The van der Waals surface area contributed by atoms with E-state index in [4.69, 9.17) is 15.8 Å². The summed E-state index contributed by atoms with van der Waals surface area (Å²) in [6.45, 7) is 2.25. The van der Waals surface area contributed by atoms with E-state index in [1.807, 2.05) is 6.92 Å². The molecule has 0 saturated heterocycles. The number of benzene rings is 1. The van der Waals surface area contributed by atoms with Gasteiger partial charge in [-0.1, -0.05) is 10.2 Å². The minimum absolute atomic E-state index is 0.0304. The van der Waals surface area contributed by atoms with Crippen molar-refractivity contribution in [2.45, 2.75) is 13.5 Å². The summed E-state index contributed by atoms with van der Waals surface area (Å²) < 4.78 is 6.88. The first kappa shape index (κ1) is 17.7. The highest BCUT2D eigenvalue weighted by molar-refractivity contribution is 6.05. The molecule has 0 aliphatic heterocycles. The first-order valence-corrected chi connectivity index (χ1v) is 7.25. The van der Waals surface area contributed by atoms with Crippen molar-refractivity contribution in [3.8, 4) is 5.88 Å². The first-order chi connectivity index (χ1) is 12.1. The van der Waals surface area contributed by atoms with Gasteiger partial charge in [-0.05, 0) is 41.7 Å². The fourth-order valence-electron chi connectivity index (χ4n) is 2.11. The van der Waals surface area contributed by atoms with Crippen LogP contribution in [0.15, 0.2) is 34.6 Å². The van der Waals surface area contributed by atoms with Gasteiger partial charge in [0.2, 0.25) is 0 Å². The van der Waals surface area contributed by atoms with Gasteiger partial charge in [0.15, 0.2) is 0 Å². The fraction of sp³-hybridized carbons (Fsp3) is 0.286. The third-order valence-corrected chi connectivity index (χ3v) is 3.04. The number of hydrogen-bond acceptors (Lipinski definition) is 5. The van der Waals surface area contributed by atoms with Crippen LogP contribution in [0.2, 0.25) is 0 Å². The smallest absolute Gasteiger partial charge is 0.256 e. The summed E-state index contributed by atoms with van der Waals surface area (Å²) >= 11 is 0. The number of carbonyl (C=O) groups is 1. The first-order valence-electron chi connectivity index (χ1n) is 7.25. The second kappa shape index (κ2) is 8.25. The van der Waals surface area contributed by atoms with Crippen molar-refractivity contribution in [2.75, 3.05) is 11.9 Å². The van der Waals surface area contributed by atoms with Gasteiger partial charge < -0.3 is 10.1 Å². The minimum atomic E-state index is -0.439. The number of azide groups is 2. The molecule has 0 atom stereocenters. The molecule has 0 fully saturated rings. The van der Waals surface area contributed by atoms with Crippen LogP contribution in [0.1, 0.15) is 22.8 Å². The van der Waals surface area contributed by atoms with Crippen molar-refractivity contribution >= 4 is 17.3 Å². The summed E-state index contributed by atoms with van der Waals surface area (Å²) in [5.74, 6) is -0.134. The number of amides is 1. The van der Waals surface area contributed by atoms with Crippen molar-refractivity contribution in [2.24, 2.45) is 17.3 Å². The van der Waals surface area contributed by atoms with Gasteiger partial charge in [-0.15, -0.1) is 5.10 Å². The van der Waals surface area contributed by atoms with Gasteiger partial charge >= 0.3 is 0 Å². The van der Waals surface area contributed by atoms with E-state index in [0.29, 0.717) is 23.7 Å². The van der Waals surface area contributed by atoms with Crippen molar-refractivity contribution in [3.63, 3.8) is 0 Å². The summed E-state index contributed by atoms with van der Waals surface area (Å²) in [5, 5.41) is 13.8. The summed E-state index contributed by atoms with van der Waals surface area (Å²) in [5.41, 5.74) is 18.5. The average molecular weight is 341 g/mol. The molecular formula is C14H15N9O2. The van der Waals surface area contributed by atoms with E-state index in [-0.39, 0.29) is 17.8 Å². The second-order valence-corrected chi connectivity index (χ2v) is 4.88. The SMILES string of the molecule is CCOc1nn(C)cc1NC(=O)c1cc(CN=[N+]=[N-])cc(N=[N+]=[N-])c1. The average Bonchev–Trinajstić information content (AvgIpc) is 2.92. The molecule has 0 saturated carbocycles. The lowest BCUT2D eigenvalue weighted by Gasteiger charge is -2.08. The number of aryl methyl sites for hydroxylation is 1. The zero-order chi connectivity index (χ0) is 18.2. The third-order valence-electron chi connectivity index (χ3n) is 3.04. The molecule has 0 unspecified atom stereocenters. The van der Waals surface area contributed by atoms with Crippen LogP contribution in [0, 0.1) is 0 Å². The zero-order valence-corrected chi connectivity index (χ0v) is 13.6. The molecule has 0 radical (unpaired) electrons.